The fourth-order valence-corrected chi connectivity index (χ4v) is 3.27. The zero-order valence-electron chi connectivity index (χ0n) is 7.26. The Morgan fingerprint density at radius 3 is 2.36 bits per heavy atom. The van der Waals surface area contributed by atoms with Crippen LogP contribution in [0, 0.1) is 23.7 Å². The Morgan fingerprint density at radius 1 is 1.00 bits per heavy atom. The maximum Gasteiger partial charge on any atom is -0.0354 e. The third kappa shape index (κ3) is 1.02. The Labute approximate surface area is 69.4 Å². The quantitative estimate of drug-likeness (QED) is 0.567. The Balaban J connectivity index is 1.54. The zero-order chi connectivity index (χ0) is 7.26. The molecule has 11 heavy (non-hydrogen) atoms. The molecule has 3 aliphatic carbocycles. The van der Waals surface area contributed by atoms with Crippen molar-refractivity contribution >= 4 is 0 Å². The van der Waals surface area contributed by atoms with Gasteiger partial charge >= 0.3 is 0 Å². The van der Waals surface area contributed by atoms with E-state index >= 15 is 0 Å². The van der Waals surface area contributed by atoms with Gasteiger partial charge in [-0.15, -0.1) is 0 Å². The molecule has 3 fully saturated rings. The minimum absolute atomic E-state index is 1.17. The van der Waals surface area contributed by atoms with Crippen molar-refractivity contribution in [1.29, 1.82) is 0 Å². The first-order valence-electron chi connectivity index (χ1n) is 5.43. The SMILES string of the molecule is C1CC(CC2CCC3CC23)C1. The van der Waals surface area contributed by atoms with Gasteiger partial charge in [0.2, 0.25) is 0 Å². The normalized spacial score (nSPS) is 48.5. The second kappa shape index (κ2) is 2.24. The summed E-state index contributed by atoms with van der Waals surface area (Å²) in [7, 11) is 0. The van der Waals surface area contributed by atoms with E-state index in [1.165, 1.54) is 30.1 Å². The molecule has 3 rings (SSSR count). The van der Waals surface area contributed by atoms with Crippen molar-refractivity contribution in [2.24, 2.45) is 23.7 Å². The molecule has 0 heterocycles. The van der Waals surface area contributed by atoms with Gasteiger partial charge in [0.05, 0.1) is 0 Å². The minimum Gasteiger partial charge on any atom is -0.0528 e. The van der Waals surface area contributed by atoms with Gasteiger partial charge in [0.1, 0.15) is 0 Å². The van der Waals surface area contributed by atoms with E-state index in [1.54, 1.807) is 38.5 Å². The van der Waals surface area contributed by atoms with Gasteiger partial charge in [-0.3, -0.25) is 0 Å². The van der Waals surface area contributed by atoms with Crippen LogP contribution < -0.4 is 0 Å². The highest BCUT2D eigenvalue weighted by Crippen LogP contribution is 2.57. The summed E-state index contributed by atoms with van der Waals surface area (Å²) < 4.78 is 0. The first kappa shape index (κ1) is 6.51. The van der Waals surface area contributed by atoms with Crippen LogP contribution in [0.5, 0.6) is 0 Å². The van der Waals surface area contributed by atoms with Gasteiger partial charge < -0.3 is 0 Å². The highest BCUT2D eigenvalue weighted by atomic mass is 14.5. The van der Waals surface area contributed by atoms with Gasteiger partial charge in [-0.05, 0) is 49.4 Å². The summed E-state index contributed by atoms with van der Waals surface area (Å²) in [6, 6.07) is 0. The minimum atomic E-state index is 1.17. The number of rotatable bonds is 2. The van der Waals surface area contributed by atoms with Crippen LogP contribution in [0.4, 0.5) is 0 Å². The third-order valence-electron chi connectivity index (χ3n) is 4.35. The highest BCUT2D eigenvalue weighted by Gasteiger charge is 2.48. The first-order valence-corrected chi connectivity index (χ1v) is 5.43. The summed E-state index contributed by atoms with van der Waals surface area (Å²) in [4.78, 5) is 0. The second-order valence-electron chi connectivity index (χ2n) is 5.03. The second-order valence-corrected chi connectivity index (χ2v) is 5.03. The van der Waals surface area contributed by atoms with Gasteiger partial charge in [0.15, 0.2) is 0 Å². The molecule has 3 aliphatic rings. The van der Waals surface area contributed by atoms with Crippen LogP contribution in [0.15, 0.2) is 0 Å². The lowest BCUT2D eigenvalue weighted by molar-refractivity contribution is 0.238. The lowest BCUT2D eigenvalue weighted by Crippen LogP contribution is -2.15. The Bertz CT molecular complexity index is 157. The molecule has 0 bridgehead atoms. The molecule has 0 aromatic rings. The fourth-order valence-electron chi connectivity index (χ4n) is 3.27. The van der Waals surface area contributed by atoms with E-state index in [0.717, 1.165) is 0 Å². The molecule has 0 aromatic carbocycles. The average Bonchev–Trinajstić information content (AvgIpc) is 2.59. The largest absolute Gasteiger partial charge is 0.0528 e. The van der Waals surface area contributed by atoms with Crippen molar-refractivity contribution in [3.63, 3.8) is 0 Å². The van der Waals surface area contributed by atoms with Gasteiger partial charge in [0, 0.05) is 0 Å². The topological polar surface area (TPSA) is 0 Å². The predicted molar refractivity (Wildman–Crippen MR) is 46.3 cm³/mol. The molecule has 0 heteroatoms. The van der Waals surface area contributed by atoms with Crippen LogP contribution in [0.1, 0.15) is 44.9 Å². The van der Waals surface area contributed by atoms with Crippen LogP contribution >= 0.6 is 0 Å². The van der Waals surface area contributed by atoms with Gasteiger partial charge in [-0.1, -0.05) is 19.3 Å². The molecule has 0 aromatic heterocycles. The van der Waals surface area contributed by atoms with Gasteiger partial charge in [-0.25, -0.2) is 0 Å². The van der Waals surface area contributed by atoms with Crippen molar-refractivity contribution in [2.45, 2.75) is 44.9 Å². The van der Waals surface area contributed by atoms with Gasteiger partial charge in [0.25, 0.3) is 0 Å². The lowest BCUT2D eigenvalue weighted by Gasteiger charge is -2.28. The van der Waals surface area contributed by atoms with E-state index in [4.69, 9.17) is 0 Å². The summed E-state index contributed by atoms with van der Waals surface area (Å²) in [5.74, 6) is 4.78. The molecule has 0 radical (unpaired) electrons. The summed E-state index contributed by atoms with van der Waals surface area (Å²) in [6.07, 6.45) is 11.1. The highest BCUT2D eigenvalue weighted by molar-refractivity contribution is 4.98. The van der Waals surface area contributed by atoms with E-state index in [2.05, 4.69) is 0 Å². The van der Waals surface area contributed by atoms with Crippen molar-refractivity contribution in [3.05, 3.63) is 0 Å². The molecular weight excluding hydrogens is 132 g/mol. The standard InChI is InChI=1S/C11H18/c1-2-8(3-1)6-9-4-5-10-7-11(9)10/h8-11H,1-7H2. The molecule has 0 amide bonds. The van der Waals surface area contributed by atoms with Crippen molar-refractivity contribution in [2.75, 3.05) is 0 Å². The summed E-state index contributed by atoms with van der Waals surface area (Å²) in [6.45, 7) is 0. The van der Waals surface area contributed by atoms with Crippen molar-refractivity contribution in [3.8, 4) is 0 Å². The van der Waals surface area contributed by atoms with E-state index < -0.39 is 0 Å². The molecule has 0 spiro atoms. The van der Waals surface area contributed by atoms with Crippen molar-refractivity contribution < 1.29 is 0 Å². The summed E-state index contributed by atoms with van der Waals surface area (Å²) in [5, 5.41) is 0. The Morgan fingerprint density at radius 2 is 1.91 bits per heavy atom. The van der Waals surface area contributed by atoms with E-state index in [9.17, 15) is 0 Å². The van der Waals surface area contributed by atoms with Crippen LogP contribution in [-0.4, -0.2) is 0 Å². The average molecular weight is 150 g/mol. The smallest absolute Gasteiger partial charge is 0.0354 e. The van der Waals surface area contributed by atoms with E-state index in [-0.39, 0.29) is 0 Å². The first-order chi connectivity index (χ1) is 5.43. The summed E-state index contributed by atoms with van der Waals surface area (Å²) >= 11 is 0. The number of fused-ring (bicyclic) bond motifs is 1. The molecule has 0 saturated heterocycles. The third-order valence-corrected chi connectivity index (χ3v) is 4.35. The van der Waals surface area contributed by atoms with E-state index in [1.807, 2.05) is 0 Å². The molecule has 62 valence electrons. The Hall–Kier alpha value is 0. The number of hydrogen-bond acceptors (Lipinski definition) is 0. The number of hydrogen-bond donors (Lipinski definition) is 0. The molecule has 3 saturated carbocycles. The lowest BCUT2D eigenvalue weighted by atomic mass is 9.78. The molecule has 0 N–H and O–H groups in total. The van der Waals surface area contributed by atoms with Crippen LogP contribution in [0.2, 0.25) is 0 Å². The monoisotopic (exact) mass is 150 g/mol. The molecule has 0 aliphatic heterocycles. The van der Waals surface area contributed by atoms with Gasteiger partial charge in [-0.2, -0.15) is 0 Å². The van der Waals surface area contributed by atoms with Crippen LogP contribution in [-0.2, 0) is 0 Å². The fraction of sp³-hybridized carbons (Fsp3) is 1.00. The summed E-state index contributed by atoms with van der Waals surface area (Å²) in [5.41, 5.74) is 0. The van der Waals surface area contributed by atoms with Crippen LogP contribution in [0.25, 0.3) is 0 Å². The van der Waals surface area contributed by atoms with Crippen molar-refractivity contribution in [1.82, 2.24) is 0 Å². The zero-order valence-corrected chi connectivity index (χ0v) is 7.26. The Kier molecular flexibility index (Phi) is 1.33. The predicted octanol–water partition coefficient (Wildman–Crippen LogP) is 3.22. The maximum absolute atomic E-state index is 1.61. The van der Waals surface area contributed by atoms with E-state index in [0.29, 0.717) is 0 Å². The van der Waals surface area contributed by atoms with Crippen LogP contribution in [0.3, 0.4) is 0 Å². The molecule has 3 atom stereocenters. The molecular formula is C11H18. The maximum atomic E-state index is 1.61. The molecule has 3 unspecified atom stereocenters. The molecule has 0 nitrogen and oxygen atoms in total.